The highest BCUT2D eigenvalue weighted by atomic mass is 16.3. The normalized spacial score (nSPS) is 43.6. The van der Waals surface area contributed by atoms with Crippen LogP contribution in [0.1, 0.15) is 79.6 Å². The van der Waals surface area contributed by atoms with Crippen LogP contribution in [0, 0.1) is 28.6 Å². The molecule has 0 saturated heterocycles. The van der Waals surface area contributed by atoms with Crippen LogP contribution in [0.4, 0.5) is 0 Å². The average Bonchev–Trinajstić information content (AvgIpc) is 3.06. The van der Waals surface area contributed by atoms with Gasteiger partial charge in [0.05, 0.1) is 29.5 Å². The van der Waals surface area contributed by atoms with Crippen LogP contribution in [0.5, 0.6) is 0 Å². The van der Waals surface area contributed by atoms with Gasteiger partial charge >= 0.3 is 0 Å². The van der Waals surface area contributed by atoms with Crippen LogP contribution in [0.3, 0.4) is 0 Å². The number of hydrogen-bond donors (Lipinski definition) is 5. The van der Waals surface area contributed by atoms with Gasteiger partial charge in [0, 0.05) is 11.8 Å². The summed E-state index contributed by atoms with van der Waals surface area (Å²) in [6.45, 7) is 9.34. The average molecular weight is 463 g/mol. The summed E-state index contributed by atoms with van der Waals surface area (Å²) in [5, 5.41) is 53.2. The highest BCUT2D eigenvalue weighted by molar-refractivity contribution is 5.95. The SMILES string of the molecule is CC(C)(O)CC[C@@H](O)[C@](C)(O)[C@H]1CC=C2C3=CC(=O)[C@@H]4C[C@@H](O)[C@@H](O)C[C@]4(C)[C@H]3CC[C@@]21C. The number of aliphatic hydroxyl groups excluding tert-OH is 3. The summed E-state index contributed by atoms with van der Waals surface area (Å²) in [5.41, 5.74) is -0.864. The number of carbonyl (C=O) groups excluding carboxylic acids is 1. The van der Waals surface area contributed by atoms with Gasteiger partial charge in [0.2, 0.25) is 0 Å². The Hall–Kier alpha value is -1.05. The van der Waals surface area contributed by atoms with Gasteiger partial charge in [0.15, 0.2) is 5.78 Å². The summed E-state index contributed by atoms with van der Waals surface area (Å²) in [5.74, 6) is -0.317. The standard InChI is InChI=1S/C27H42O6/c1-24(2,32)10-9-23(31)27(5,33)22-7-6-16-15-12-19(28)18-13-20(29)21(30)14-26(18,4)17(15)8-11-25(16,22)3/h6,12,17-18,20-23,29-33H,7-11,13-14H2,1-5H3/t17-,18-,20+,21-,22-,23+,25-,26+,27+/m0/s1. The van der Waals surface area contributed by atoms with Gasteiger partial charge in [0.25, 0.3) is 0 Å². The quantitative estimate of drug-likeness (QED) is 0.429. The van der Waals surface area contributed by atoms with E-state index in [0.29, 0.717) is 32.1 Å². The van der Waals surface area contributed by atoms with Crippen molar-refractivity contribution in [3.63, 3.8) is 0 Å². The Morgan fingerprint density at radius 2 is 1.79 bits per heavy atom. The molecule has 9 atom stereocenters. The maximum Gasteiger partial charge on any atom is 0.159 e. The molecule has 4 aliphatic carbocycles. The Balaban J connectivity index is 1.62. The fourth-order valence-corrected chi connectivity index (χ4v) is 7.70. The molecule has 5 N–H and O–H groups in total. The molecule has 0 heterocycles. The molecule has 0 aliphatic heterocycles. The maximum absolute atomic E-state index is 13.2. The number of hydrogen-bond acceptors (Lipinski definition) is 6. The van der Waals surface area contributed by atoms with Crippen molar-refractivity contribution in [1.29, 1.82) is 0 Å². The van der Waals surface area contributed by atoms with E-state index in [9.17, 15) is 30.3 Å². The van der Waals surface area contributed by atoms with Crippen molar-refractivity contribution in [2.75, 3.05) is 0 Å². The Bertz CT molecular complexity index is 866. The van der Waals surface area contributed by atoms with Crippen molar-refractivity contribution >= 4 is 5.78 Å². The van der Waals surface area contributed by atoms with Crippen LogP contribution in [0.25, 0.3) is 0 Å². The first-order valence-electron chi connectivity index (χ1n) is 12.6. The molecule has 0 aromatic heterocycles. The second kappa shape index (κ2) is 7.99. The molecule has 0 radical (unpaired) electrons. The van der Waals surface area contributed by atoms with Gasteiger partial charge in [-0.15, -0.1) is 0 Å². The molecule has 2 saturated carbocycles. The third kappa shape index (κ3) is 3.96. The van der Waals surface area contributed by atoms with Crippen molar-refractivity contribution < 1.29 is 30.3 Å². The lowest BCUT2D eigenvalue weighted by molar-refractivity contribution is -0.144. The van der Waals surface area contributed by atoms with E-state index in [-0.39, 0.29) is 29.0 Å². The summed E-state index contributed by atoms with van der Waals surface area (Å²) in [6, 6.07) is 0. The zero-order valence-electron chi connectivity index (χ0n) is 20.7. The monoisotopic (exact) mass is 462 g/mol. The minimum absolute atomic E-state index is 0.0280. The minimum atomic E-state index is -1.33. The van der Waals surface area contributed by atoms with E-state index < -0.39 is 34.9 Å². The fourth-order valence-electron chi connectivity index (χ4n) is 7.70. The lowest BCUT2D eigenvalue weighted by Gasteiger charge is -2.57. The highest BCUT2D eigenvalue weighted by Gasteiger charge is 2.60. The summed E-state index contributed by atoms with van der Waals surface area (Å²) >= 11 is 0. The summed E-state index contributed by atoms with van der Waals surface area (Å²) in [6.07, 6.45) is 4.99. The zero-order valence-corrected chi connectivity index (χ0v) is 20.7. The van der Waals surface area contributed by atoms with E-state index in [1.807, 2.05) is 0 Å². The second-order valence-corrected chi connectivity index (χ2v) is 12.6. The Morgan fingerprint density at radius 3 is 2.42 bits per heavy atom. The maximum atomic E-state index is 13.2. The van der Waals surface area contributed by atoms with Crippen molar-refractivity contribution in [3.8, 4) is 0 Å². The molecule has 0 bridgehead atoms. The van der Waals surface area contributed by atoms with Crippen LogP contribution in [-0.2, 0) is 4.79 Å². The number of aliphatic hydroxyl groups is 5. The predicted molar refractivity (Wildman–Crippen MR) is 125 cm³/mol. The van der Waals surface area contributed by atoms with Gasteiger partial charge in [-0.05, 0) is 99.7 Å². The van der Waals surface area contributed by atoms with Gasteiger partial charge in [-0.1, -0.05) is 19.9 Å². The molecule has 4 rings (SSSR count). The van der Waals surface area contributed by atoms with E-state index in [1.54, 1.807) is 26.8 Å². The zero-order chi connectivity index (χ0) is 24.6. The summed E-state index contributed by atoms with van der Waals surface area (Å²) < 4.78 is 0. The molecular weight excluding hydrogens is 420 g/mol. The Kier molecular flexibility index (Phi) is 6.07. The van der Waals surface area contributed by atoms with Crippen LogP contribution in [0.15, 0.2) is 23.3 Å². The molecular formula is C27H42O6. The number of carbonyl (C=O) groups is 1. The molecule has 6 heteroatoms. The third-order valence-electron chi connectivity index (χ3n) is 9.79. The number of ketones is 1. The van der Waals surface area contributed by atoms with Gasteiger partial charge in [0.1, 0.15) is 0 Å². The van der Waals surface area contributed by atoms with Crippen molar-refractivity contribution in [1.82, 2.24) is 0 Å². The topological polar surface area (TPSA) is 118 Å². The fraction of sp³-hybridized carbons (Fsp3) is 0.815. The van der Waals surface area contributed by atoms with E-state index in [4.69, 9.17) is 0 Å². The molecule has 33 heavy (non-hydrogen) atoms. The molecule has 6 nitrogen and oxygen atoms in total. The Labute approximate surface area is 197 Å². The third-order valence-corrected chi connectivity index (χ3v) is 9.79. The largest absolute Gasteiger partial charge is 0.390 e. The number of fused-ring (bicyclic) bond motifs is 5. The van der Waals surface area contributed by atoms with Gasteiger partial charge < -0.3 is 25.5 Å². The van der Waals surface area contributed by atoms with Crippen LogP contribution in [-0.4, -0.2) is 60.8 Å². The highest BCUT2D eigenvalue weighted by Crippen LogP contribution is 2.65. The van der Waals surface area contributed by atoms with E-state index >= 15 is 0 Å². The first kappa shape index (κ1) is 25.1. The molecule has 0 spiro atoms. The molecule has 186 valence electrons. The van der Waals surface area contributed by atoms with Crippen molar-refractivity contribution in [3.05, 3.63) is 23.3 Å². The molecule has 0 amide bonds. The lowest BCUT2D eigenvalue weighted by Crippen LogP contribution is -2.56. The van der Waals surface area contributed by atoms with Gasteiger partial charge in [-0.3, -0.25) is 4.79 Å². The summed E-state index contributed by atoms with van der Waals surface area (Å²) in [4.78, 5) is 13.2. The van der Waals surface area contributed by atoms with Gasteiger partial charge in [-0.2, -0.15) is 0 Å². The van der Waals surface area contributed by atoms with Crippen molar-refractivity contribution in [2.45, 2.75) is 109 Å². The minimum Gasteiger partial charge on any atom is -0.390 e. The van der Waals surface area contributed by atoms with Crippen molar-refractivity contribution in [2.24, 2.45) is 28.6 Å². The van der Waals surface area contributed by atoms with E-state index in [1.165, 1.54) is 0 Å². The first-order valence-corrected chi connectivity index (χ1v) is 12.6. The summed E-state index contributed by atoms with van der Waals surface area (Å²) in [7, 11) is 0. The number of rotatable bonds is 5. The Morgan fingerprint density at radius 1 is 1.12 bits per heavy atom. The molecule has 2 fully saturated rings. The second-order valence-electron chi connectivity index (χ2n) is 12.6. The molecule has 0 unspecified atom stereocenters. The van der Waals surface area contributed by atoms with Crippen LogP contribution in [0.2, 0.25) is 0 Å². The lowest BCUT2D eigenvalue weighted by atomic mass is 9.48. The smallest absolute Gasteiger partial charge is 0.159 e. The van der Waals surface area contributed by atoms with Crippen LogP contribution < -0.4 is 0 Å². The molecule has 0 aromatic rings. The first-order chi connectivity index (χ1) is 15.1. The molecule has 0 aromatic carbocycles. The predicted octanol–water partition coefficient (Wildman–Crippen LogP) is 2.66. The van der Waals surface area contributed by atoms with E-state index in [0.717, 1.165) is 24.0 Å². The van der Waals surface area contributed by atoms with Crippen LogP contribution >= 0.6 is 0 Å². The van der Waals surface area contributed by atoms with Gasteiger partial charge in [-0.25, -0.2) is 0 Å². The van der Waals surface area contributed by atoms with E-state index in [2.05, 4.69) is 19.9 Å². The molecule has 4 aliphatic rings. The number of allylic oxidation sites excluding steroid dienone is 4.